The Morgan fingerprint density at radius 1 is 1.08 bits per heavy atom. The summed E-state index contributed by atoms with van der Waals surface area (Å²) in [6.07, 6.45) is 2.42. The molecule has 2 rings (SSSR count). The third-order valence-corrected chi connectivity index (χ3v) is 3.96. The lowest BCUT2D eigenvalue weighted by molar-refractivity contribution is -0.128. The van der Waals surface area contributed by atoms with Crippen LogP contribution in [0.5, 0.6) is 0 Å². The number of amides is 3. The lowest BCUT2D eigenvalue weighted by Gasteiger charge is -2.17. The molecule has 0 aliphatic heterocycles. The summed E-state index contributed by atoms with van der Waals surface area (Å²) in [5.74, 6) is -0.137. The molecule has 1 aromatic heterocycles. The molecule has 0 aliphatic rings. The topological polar surface area (TPSA) is 74.3 Å². The maximum atomic E-state index is 12.1. The number of aromatic nitrogens is 1. The summed E-state index contributed by atoms with van der Waals surface area (Å²) in [7, 11) is 1.72. The highest BCUT2D eigenvalue weighted by Gasteiger charge is 2.10. The van der Waals surface area contributed by atoms with Gasteiger partial charge in [0.25, 0.3) is 0 Å². The molecule has 1 aromatic carbocycles. The molecule has 6 nitrogen and oxygen atoms in total. The van der Waals surface area contributed by atoms with E-state index < -0.39 is 0 Å². The monoisotopic (exact) mass is 340 g/mol. The Morgan fingerprint density at radius 3 is 2.56 bits per heavy atom. The third kappa shape index (κ3) is 6.25. The lowest BCUT2D eigenvalue weighted by atomic mass is 10.1. The average Bonchev–Trinajstić information content (AvgIpc) is 2.64. The number of carbonyl (C=O) groups is 2. The van der Waals surface area contributed by atoms with Crippen molar-refractivity contribution >= 4 is 11.9 Å². The molecular formula is C19H24N4O2. The maximum Gasteiger partial charge on any atom is 0.315 e. The van der Waals surface area contributed by atoms with Gasteiger partial charge in [-0.1, -0.05) is 30.3 Å². The van der Waals surface area contributed by atoms with Crippen molar-refractivity contribution in [1.29, 1.82) is 0 Å². The van der Waals surface area contributed by atoms with Gasteiger partial charge in [-0.2, -0.15) is 0 Å². The Morgan fingerprint density at radius 2 is 1.84 bits per heavy atom. The average molecular weight is 340 g/mol. The number of urea groups is 1. The van der Waals surface area contributed by atoms with Crippen molar-refractivity contribution in [2.75, 3.05) is 20.1 Å². The molecular weight excluding hydrogens is 316 g/mol. The van der Waals surface area contributed by atoms with Crippen molar-refractivity contribution in [2.24, 2.45) is 0 Å². The van der Waals surface area contributed by atoms with Crippen LogP contribution in [0.15, 0.2) is 48.7 Å². The first kappa shape index (κ1) is 18.4. The minimum atomic E-state index is -0.352. The molecule has 25 heavy (non-hydrogen) atoms. The first-order valence-electron chi connectivity index (χ1n) is 8.26. The lowest BCUT2D eigenvalue weighted by Crippen LogP contribution is -2.42. The molecule has 0 spiro atoms. The van der Waals surface area contributed by atoms with Crippen LogP contribution in [0.25, 0.3) is 0 Å². The van der Waals surface area contributed by atoms with Gasteiger partial charge in [0.15, 0.2) is 0 Å². The molecule has 1 heterocycles. The van der Waals surface area contributed by atoms with E-state index in [9.17, 15) is 9.59 Å². The summed E-state index contributed by atoms with van der Waals surface area (Å²) in [6, 6.07) is 13.2. The van der Waals surface area contributed by atoms with Crippen LogP contribution >= 0.6 is 0 Å². The second-order valence-electron chi connectivity index (χ2n) is 5.85. The van der Waals surface area contributed by atoms with Crippen LogP contribution in [-0.2, 0) is 17.8 Å². The number of hydrogen-bond acceptors (Lipinski definition) is 3. The van der Waals surface area contributed by atoms with Gasteiger partial charge in [-0.3, -0.25) is 9.78 Å². The highest BCUT2D eigenvalue weighted by atomic mass is 16.2. The summed E-state index contributed by atoms with van der Waals surface area (Å²) >= 11 is 0. The minimum absolute atomic E-state index is 0.0294. The Balaban J connectivity index is 1.68. The van der Waals surface area contributed by atoms with Crippen LogP contribution < -0.4 is 10.6 Å². The molecule has 0 saturated heterocycles. The van der Waals surface area contributed by atoms with Gasteiger partial charge in [0, 0.05) is 38.4 Å². The zero-order valence-corrected chi connectivity index (χ0v) is 14.7. The van der Waals surface area contributed by atoms with Crippen LogP contribution in [-0.4, -0.2) is 42.0 Å². The van der Waals surface area contributed by atoms with Crippen molar-refractivity contribution in [2.45, 2.75) is 19.9 Å². The highest BCUT2D eigenvalue weighted by Crippen LogP contribution is 2.05. The number of likely N-dealkylation sites (N-methyl/N-ethyl adjacent to an activating group) is 1. The van der Waals surface area contributed by atoms with Crippen LogP contribution in [0.1, 0.15) is 16.8 Å². The number of nitrogens with one attached hydrogen (secondary N) is 2. The van der Waals surface area contributed by atoms with E-state index in [2.05, 4.69) is 15.6 Å². The molecule has 2 N–H and O–H groups in total. The number of aryl methyl sites for hydroxylation is 1. The number of rotatable bonds is 7. The van der Waals surface area contributed by atoms with Crippen molar-refractivity contribution in [3.63, 3.8) is 0 Å². The van der Waals surface area contributed by atoms with Crippen molar-refractivity contribution in [1.82, 2.24) is 20.5 Å². The highest BCUT2D eigenvalue weighted by molar-refractivity contribution is 5.83. The zero-order valence-electron chi connectivity index (χ0n) is 14.7. The maximum absolute atomic E-state index is 12.1. The summed E-state index contributed by atoms with van der Waals surface area (Å²) in [5.41, 5.74) is 3.11. The number of hydrogen-bond donors (Lipinski definition) is 2. The molecule has 2 aromatic rings. The summed E-state index contributed by atoms with van der Waals surface area (Å²) in [6.45, 7) is 2.96. The van der Waals surface area contributed by atoms with Crippen molar-refractivity contribution < 1.29 is 9.59 Å². The van der Waals surface area contributed by atoms with Crippen LogP contribution in [0.2, 0.25) is 0 Å². The predicted molar refractivity (Wildman–Crippen MR) is 97.0 cm³/mol. The number of pyridine rings is 1. The fourth-order valence-electron chi connectivity index (χ4n) is 2.29. The molecule has 0 saturated carbocycles. The smallest absolute Gasteiger partial charge is 0.315 e. The van der Waals surface area contributed by atoms with Crippen LogP contribution in [0, 0.1) is 6.92 Å². The van der Waals surface area contributed by atoms with E-state index in [1.54, 1.807) is 18.1 Å². The largest absolute Gasteiger partial charge is 0.344 e. The van der Waals surface area contributed by atoms with E-state index in [1.807, 2.05) is 49.4 Å². The molecule has 0 unspecified atom stereocenters. The minimum Gasteiger partial charge on any atom is -0.344 e. The van der Waals surface area contributed by atoms with Crippen molar-refractivity contribution in [3.8, 4) is 0 Å². The van der Waals surface area contributed by atoms with E-state index in [0.29, 0.717) is 19.5 Å². The standard InChI is InChI=1S/C19H24N4O2/c1-15-7-3-4-8-16(15)13-21-19(25)22-14-18(24)23(2)12-10-17-9-5-6-11-20-17/h3-9,11H,10,12-14H2,1-2H3,(H2,21,22,25). The van der Waals surface area contributed by atoms with E-state index >= 15 is 0 Å². The predicted octanol–water partition coefficient (Wildman–Crippen LogP) is 1.89. The van der Waals surface area contributed by atoms with Gasteiger partial charge in [-0.05, 0) is 30.2 Å². The molecule has 0 aliphatic carbocycles. The van der Waals surface area contributed by atoms with Crippen molar-refractivity contribution in [3.05, 3.63) is 65.5 Å². The quantitative estimate of drug-likeness (QED) is 0.808. The van der Waals surface area contributed by atoms with E-state index in [0.717, 1.165) is 16.8 Å². The van der Waals surface area contributed by atoms with E-state index in [-0.39, 0.29) is 18.5 Å². The normalized spacial score (nSPS) is 10.2. The molecule has 3 amide bonds. The van der Waals surface area contributed by atoms with Gasteiger partial charge in [-0.15, -0.1) is 0 Å². The van der Waals surface area contributed by atoms with E-state index in [4.69, 9.17) is 0 Å². The summed E-state index contributed by atoms with van der Waals surface area (Å²) in [4.78, 5) is 29.7. The van der Waals surface area contributed by atoms with Gasteiger partial charge in [0.1, 0.15) is 0 Å². The number of nitrogens with zero attached hydrogens (tertiary/aromatic N) is 2. The van der Waals surface area contributed by atoms with Crippen LogP contribution in [0.3, 0.4) is 0 Å². The fourth-order valence-corrected chi connectivity index (χ4v) is 2.29. The zero-order chi connectivity index (χ0) is 18.1. The number of carbonyl (C=O) groups excluding carboxylic acids is 2. The second-order valence-corrected chi connectivity index (χ2v) is 5.85. The molecule has 0 atom stereocenters. The summed E-state index contributed by atoms with van der Waals surface area (Å²) < 4.78 is 0. The SMILES string of the molecule is Cc1ccccc1CNC(=O)NCC(=O)N(C)CCc1ccccn1. The molecule has 0 radical (unpaired) electrons. The van der Waals surface area contributed by atoms with E-state index in [1.165, 1.54) is 0 Å². The summed E-state index contributed by atoms with van der Waals surface area (Å²) in [5, 5.41) is 5.36. The molecule has 132 valence electrons. The Bertz CT molecular complexity index is 704. The molecule has 0 bridgehead atoms. The van der Waals surface area contributed by atoms with Gasteiger partial charge in [0.05, 0.1) is 6.54 Å². The molecule has 0 fully saturated rings. The Hall–Kier alpha value is -2.89. The van der Waals surface area contributed by atoms with Gasteiger partial charge < -0.3 is 15.5 Å². The van der Waals surface area contributed by atoms with Crippen LogP contribution in [0.4, 0.5) is 4.79 Å². The third-order valence-electron chi connectivity index (χ3n) is 3.96. The molecule has 6 heteroatoms. The van der Waals surface area contributed by atoms with Gasteiger partial charge in [0.2, 0.25) is 5.91 Å². The van der Waals surface area contributed by atoms with Gasteiger partial charge >= 0.3 is 6.03 Å². The number of benzene rings is 1. The first-order chi connectivity index (χ1) is 12.1. The Labute approximate surface area is 148 Å². The Kier molecular flexibility index (Phi) is 6.95. The fraction of sp³-hybridized carbons (Fsp3) is 0.316. The van der Waals surface area contributed by atoms with Gasteiger partial charge in [-0.25, -0.2) is 4.79 Å². The first-order valence-corrected chi connectivity index (χ1v) is 8.26. The second kappa shape index (κ2) is 9.42.